The minimum Gasteiger partial charge on any atom is -0.497 e. The first-order valence-corrected chi connectivity index (χ1v) is 8.31. The molecule has 0 amide bonds. The van der Waals surface area contributed by atoms with Gasteiger partial charge in [-0.2, -0.15) is 10.4 Å². The van der Waals surface area contributed by atoms with Crippen molar-refractivity contribution in [3.8, 4) is 40.0 Å². The second kappa shape index (κ2) is 6.81. The number of aromatic nitrogens is 3. The quantitative estimate of drug-likeness (QED) is 0.553. The van der Waals surface area contributed by atoms with Crippen LogP contribution < -0.4 is 9.47 Å². The van der Waals surface area contributed by atoms with Crippen molar-refractivity contribution in [3.63, 3.8) is 0 Å². The van der Waals surface area contributed by atoms with Gasteiger partial charge in [0.2, 0.25) is 0 Å². The number of nitrogens with zero attached hydrogens (tertiary/aromatic N) is 4. The lowest BCUT2D eigenvalue weighted by Crippen LogP contribution is -2.00. The highest BCUT2D eigenvalue weighted by Crippen LogP contribution is 2.34. The van der Waals surface area contributed by atoms with Crippen molar-refractivity contribution < 1.29 is 9.47 Å². The molecule has 4 rings (SSSR count). The number of ether oxygens (including phenoxy) is 2. The molecule has 2 aromatic heterocycles. The predicted molar refractivity (Wildman–Crippen MR) is 102 cm³/mol. The molecule has 0 radical (unpaired) electrons. The minimum absolute atomic E-state index is 0.436. The number of fused-ring (bicyclic) bond motifs is 1. The molecule has 6 nitrogen and oxygen atoms in total. The Balaban J connectivity index is 1.98. The Morgan fingerprint density at radius 1 is 0.852 bits per heavy atom. The van der Waals surface area contributed by atoms with E-state index in [-0.39, 0.29) is 0 Å². The Morgan fingerprint density at radius 2 is 1.44 bits per heavy atom. The highest BCUT2D eigenvalue weighted by atomic mass is 16.5. The number of methoxy groups -OCH3 is 2. The van der Waals surface area contributed by atoms with Crippen molar-refractivity contribution >= 4 is 5.65 Å². The van der Waals surface area contributed by atoms with Gasteiger partial charge in [0.25, 0.3) is 0 Å². The van der Waals surface area contributed by atoms with Crippen molar-refractivity contribution in [1.82, 2.24) is 14.6 Å². The average molecular weight is 356 g/mol. The van der Waals surface area contributed by atoms with Crippen LogP contribution in [0.2, 0.25) is 0 Å². The number of hydrogen-bond donors (Lipinski definition) is 0. The normalized spacial score (nSPS) is 10.6. The summed E-state index contributed by atoms with van der Waals surface area (Å²) in [5, 5.41) is 13.7. The molecule has 2 aromatic carbocycles. The number of rotatable bonds is 4. The lowest BCUT2D eigenvalue weighted by Gasteiger charge is -2.13. The van der Waals surface area contributed by atoms with Crippen molar-refractivity contribution in [2.24, 2.45) is 0 Å². The molecule has 0 atom stereocenters. The Labute approximate surface area is 156 Å². The van der Waals surface area contributed by atoms with E-state index in [1.807, 2.05) is 48.5 Å². The molecular weight excluding hydrogens is 340 g/mol. The fourth-order valence-electron chi connectivity index (χ4n) is 3.02. The van der Waals surface area contributed by atoms with Gasteiger partial charge in [0, 0.05) is 17.3 Å². The molecule has 4 aromatic rings. The molecular formula is C21H16N4O2. The fourth-order valence-corrected chi connectivity index (χ4v) is 3.02. The molecule has 0 saturated carbocycles. The molecule has 0 aliphatic heterocycles. The van der Waals surface area contributed by atoms with Crippen LogP contribution in [0.25, 0.3) is 28.0 Å². The van der Waals surface area contributed by atoms with Gasteiger partial charge in [-0.1, -0.05) is 12.1 Å². The Morgan fingerprint density at radius 3 is 2.00 bits per heavy atom. The van der Waals surface area contributed by atoms with Crippen LogP contribution in [0, 0.1) is 11.3 Å². The molecule has 132 valence electrons. The molecule has 0 saturated heterocycles. The predicted octanol–water partition coefficient (Wildman–Crippen LogP) is 3.95. The van der Waals surface area contributed by atoms with E-state index in [9.17, 15) is 5.26 Å². The zero-order valence-corrected chi connectivity index (χ0v) is 14.9. The summed E-state index contributed by atoms with van der Waals surface area (Å²) in [5.41, 5.74) is 4.65. The van der Waals surface area contributed by atoms with E-state index in [0.717, 1.165) is 33.9 Å². The van der Waals surface area contributed by atoms with Gasteiger partial charge in [-0.3, -0.25) is 0 Å². The van der Waals surface area contributed by atoms with Crippen LogP contribution in [0.4, 0.5) is 0 Å². The van der Waals surface area contributed by atoms with Gasteiger partial charge in [-0.15, -0.1) is 0 Å². The third-order valence-corrected chi connectivity index (χ3v) is 4.41. The maximum atomic E-state index is 9.32. The number of hydrogen-bond acceptors (Lipinski definition) is 5. The van der Waals surface area contributed by atoms with Crippen molar-refractivity contribution in [2.75, 3.05) is 14.2 Å². The molecule has 2 heterocycles. The van der Waals surface area contributed by atoms with E-state index in [1.54, 1.807) is 24.9 Å². The van der Waals surface area contributed by atoms with Crippen LogP contribution in [-0.4, -0.2) is 28.8 Å². The molecule has 0 aliphatic rings. The standard InChI is InChI=1S/C21H16N4O2/c1-26-17-7-3-14(4-8-17)19-13-23-21-16(11-22)12-24-25(21)20(19)15-5-9-18(27-2)10-6-15/h3-10,12-13H,1-2H3. The second-order valence-corrected chi connectivity index (χ2v) is 5.88. The van der Waals surface area contributed by atoms with Gasteiger partial charge in [0.1, 0.15) is 23.1 Å². The first-order chi connectivity index (χ1) is 13.2. The summed E-state index contributed by atoms with van der Waals surface area (Å²) in [7, 11) is 3.27. The lowest BCUT2D eigenvalue weighted by atomic mass is 10.0. The Bertz CT molecular complexity index is 1140. The van der Waals surface area contributed by atoms with Crippen LogP contribution in [0.5, 0.6) is 11.5 Å². The molecule has 0 unspecified atom stereocenters. The van der Waals surface area contributed by atoms with E-state index < -0.39 is 0 Å². The monoisotopic (exact) mass is 356 g/mol. The number of nitriles is 1. The SMILES string of the molecule is COc1ccc(-c2cnc3c(C#N)cnn3c2-c2ccc(OC)cc2)cc1. The molecule has 0 N–H and O–H groups in total. The summed E-state index contributed by atoms with van der Waals surface area (Å²) in [6.45, 7) is 0. The first-order valence-electron chi connectivity index (χ1n) is 8.31. The zero-order chi connectivity index (χ0) is 18.8. The fraction of sp³-hybridized carbons (Fsp3) is 0.0952. The van der Waals surface area contributed by atoms with Gasteiger partial charge in [0.15, 0.2) is 5.65 Å². The lowest BCUT2D eigenvalue weighted by molar-refractivity contribution is 0.414. The highest BCUT2D eigenvalue weighted by Gasteiger charge is 2.16. The second-order valence-electron chi connectivity index (χ2n) is 5.88. The molecule has 0 spiro atoms. The van der Waals surface area contributed by atoms with Crippen molar-refractivity contribution in [3.05, 3.63) is 66.5 Å². The highest BCUT2D eigenvalue weighted by molar-refractivity contribution is 5.83. The smallest absolute Gasteiger partial charge is 0.173 e. The maximum Gasteiger partial charge on any atom is 0.173 e. The summed E-state index contributed by atoms with van der Waals surface area (Å²) in [5.74, 6) is 1.55. The molecule has 27 heavy (non-hydrogen) atoms. The van der Waals surface area contributed by atoms with Gasteiger partial charge in [-0.25, -0.2) is 9.50 Å². The van der Waals surface area contributed by atoms with E-state index in [4.69, 9.17) is 9.47 Å². The van der Waals surface area contributed by atoms with Crippen molar-refractivity contribution in [1.29, 1.82) is 5.26 Å². The van der Waals surface area contributed by atoms with E-state index in [2.05, 4.69) is 16.2 Å². The largest absolute Gasteiger partial charge is 0.497 e. The summed E-state index contributed by atoms with van der Waals surface area (Å²) in [4.78, 5) is 4.47. The summed E-state index contributed by atoms with van der Waals surface area (Å²) >= 11 is 0. The van der Waals surface area contributed by atoms with Gasteiger partial charge in [-0.05, 0) is 42.0 Å². The summed E-state index contributed by atoms with van der Waals surface area (Å²) in [6.07, 6.45) is 3.31. The van der Waals surface area contributed by atoms with E-state index in [1.165, 1.54) is 6.20 Å². The molecule has 0 fully saturated rings. The zero-order valence-electron chi connectivity index (χ0n) is 14.9. The molecule has 0 bridgehead atoms. The third-order valence-electron chi connectivity index (χ3n) is 4.41. The van der Waals surface area contributed by atoms with Crippen LogP contribution >= 0.6 is 0 Å². The Hall–Kier alpha value is -3.85. The van der Waals surface area contributed by atoms with Crippen LogP contribution in [0.15, 0.2) is 60.9 Å². The van der Waals surface area contributed by atoms with E-state index in [0.29, 0.717) is 11.2 Å². The average Bonchev–Trinajstić information content (AvgIpc) is 3.16. The maximum absolute atomic E-state index is 9.32. The van der Waals surface area contributed by atoms with Crippen LogP contribution in [-0.2, 0) is 0 Å². The van der Waals surface area contributed by atoms with E-state index >= 15 is 0 Å². The van der Waals surface area contributed by atoms with Gasteiger partial charge >= 0.3 is 0 Å². The summed E-state index contributed by atoms with van der Waals surface area (Å²) in [6, 6.07) is 17.6. The minimum atomic E-state index is 0.436. The third kappa shape index (κ3) is 2.85. The molecule has 6 heteroatoms. The number of benzene rings is 2. The van der Waals surface area contributed by atoms with Gasteiger partial charge < -0.3 is 9.47 Å². The Kier molecular flexibility index (Phi) is 4.19. The van der Waals surface area contributed by atoms with Crippen LogP contribution in [0.3, 0.4) is 0 Å². The van der Waals surface area contributed by atoms with Crippen LogP contribution in [0.1, 0.15) is 5.56 Å². The summed E-state index contributed by atoms with van der Waals surface area (Å²) < 4.78 is 12.2. The first kappa shape index (κ1) is 16.6. The van der Waals surface area contributed by atoms with Crippen molar-refractivity contribution in [2.45, 2.75) is 0 Å². The molecule has 0 aliphatic carbocycles. The van der Waals surface area contributed by atoms with Gasteiger partial charge in [0.05, 0.1) is 26.1 Å². The topological polar surface area (TPSA) is 72.4 Å².